The third-order valence-electron chi connectivity index (χ3n) is 7.28. The van der Waals surface area contributed by atoms with E-state index < -0.39 is 59.0 Å². The van der Waals surface area contributed by atoms with E-state index in [-0.39, 0.29) is 60.6 Å². The summed E-state index contributed by atoms with van der Waals surface area (Å²) in [5, 5.41) is 16.4. The Balaban J connectivity index is 0.00000461. The van der Waals surface area contributed by atoms with Crippen LogP contribution in [0.4, 0.5) is 15.3 Å². The molecule has 2 aromatic rings. The molecule has 2 unspecified atom stereocenters. The average molecular weight is 646 g/mol. The monoisotopic (exact) mass is 645 g/mol. The van der Waals surface area contributed by atoms with Crippen LogP contribution in [0.5, 0.6) is 5.75 Å². The number of carbonyl (C=O) groups excluding carboxylic acids is 6. The minimum atomic E-state index is -1.61. The zero-order valence-corrected chi connectivity index (χ0v) is 27.5. The van der Waals surface area contributed by atoms with Gasteiger partial charge in [-0.1, -0.05) is 42.5 Å². The molecule has 0 aromatic heterocycles. The number of ether oxygens (including phenoxy) is 2. The van der Waals surface area contributed by atoms with Crippen molar-refractivity contribution in [2.75, 3.05) is 37.5 Å². The van der Waals surface area contributed by atoms with Crippen molar-refractivity contribution in [3.05, 3.63) is 71.4 Å². The Kier molecular flexibility index (Phi) is 10.8. The van der Waals surface area contributed by atoms with Gasteiger partial charge < -0.3 is 30.0 Å². The first kappa shape index (κ1) is 33.8. The topological polar surface area (TPSA) is 178 Å². The molecule has 3 atom stereocenters. The summed E-state index contributed by atoms with van der Waals surface area (Å²) in [7, 11) is 1.47. The second-order valence-corrected chi connectivity index (χ2v) is 11.1. The number of hydrogen-bond acceptors (Lipinski definition) is 10. The van der Waals surface area contributed by atoms with Crippen molar-refractivity contribution < 1.29 is 72.9 Å². The van der Waals surface area contributed by atoms with Gasteiger partial charge in [0.1, 0.15) is 29.8 Å². The van der Waals surface area contributed by atoms with Crippen LogP contribution in [0.15, 0.2) is 65.9 Å². The summed E-state index contributed by atoms with van der Waals surface area (Å²) in [5.41, 5.74) is 0.689. The molecule has 0 aliphatic carbocycles. The first-order valence-electron chi connectivity index (χ1n) is 13.5. The molecule has 0 radical (unpaired) electrons. The number of carbonyl (C=O) groups is 6. The van der Waals surface area contributed by atoms with E-state index in [0.717, 1.165) is 9.80 Å². The van der Waals surface area contributed by atoms with Gasteiger partial charge in [-0.3, -0.25) is 24.2 Å². The van der Waals surface area contributed by atoms with E-state index in [0.29, 0.717) is 17.0 Å². The van der Waals surface area contributed by atoms with E-state index in [2.05, 4.69) is 10.6 Å². The van der Waals surface area contributed by atoms with Crippen molar-refractivity contribution in [2.45, 2.75) is 24.4 Å². The van der Waals surface area contributed by atoms with Crippen molar-refractivity contribution in [1.82, 2.24) is 20.4 Å². The molecule has 0 bridgehead atoms. The normalized spacial score (nSPS) is 19.6. The minimum absolute atomic E-state index is 0. The molecule has 45 heavy (non-hydrogen) atoms. The van der Waals surface area contributed by atoms with Crippen LogP contribution in [0.1, 0.15) is 18.5 Å². The van der Waals surface area contributed by atoms with Crippen molar-refractivity contribution in [2.24, 2.45) is 0 Å². The maximum absolute atomic E-state index is 13.6. The number of esters is 1. The first-order chi connectivity index (χ1) is 21.1. The maximum Gasteiger partial charge on any atom is 1.00 e. The molecule has 230 valence electrons. The number of methoxy groups -OCH3 is 1. The summed E-state index contributed by atoms with van der Waals surface area (Å²) in [6, 6.07) is 11.4. The van der Waals surface area contributed by atoms with Gasteiger partial charge in [0.25, 0.3) is 5.91 Å². The molecule has 16 heteroatoms. The van der Waals surface area contributed by atoms with Crippen LogP contribution in [0.2, 0.25) is 0 Å². The predicted molar refractivity (Wildman–Crippen MR) is 154 cm³/mol. The number of nitrogens with one attached hydrogen (secondary N) is 2. The molecule has 2 aromatic carbocycles. The largest absolute Gasteiger partial charge is 1.00 e. The average Bonchev–Trinajstić information content (AvgIpc) is 3.41. The Morgan fingerprint density at radius 2 is 1.73 bits per heavy atom. The van der Waals surface area contributed by atoms with E-state index >= 15 is 0 Å². The number of benzene rings is 2. The molecule has 3 heterocycles. The fourth-order valence-electron chi connectivity index (χ4n) is 5.16. The standard InChI is InChI=1S/C29H29N5O9S.Na/c1-16(35)43-14-18-15-44-26-22(25(37)34(26)23(18)27(38)39)30-24(36)21(17-8-4-3-5-9-17)31-28(40)33-13-12-32(29(33)41)19-10-6-7-11-20(19)42-2;/h3-11,21-22,26H,12-15H2,1-2H3,(H,30,36)(H,31,40)(H,38,39);/q;+1/p-1/t21?,22?,26-;/m0./s1. The SMILES string of the molecule is COc1ccccc1N1CCN(C(=O)NC(C(=O)NC2C(=O)N3C(C(=O)[O-])=C(COC(C)=O)CS[C@@H]23)c2ccccc2)C1=O.[Na+]. The molecule has 5 rings (SSSR count). The van der Waals surface area contributed by atoms with Gasteiger partial charge >= 0.3 is 47.6 Å². The summed E-state index contributed by atoms with van der Waals surface area (Å²) in [5.74, 6) is -3.08. The summed E-state index contributed by atoms with van der Waals surface area (Å²) in [6.45, 7) is 1.11. The summed E-state index contributed by atoms with van der Waals surface area (Å²) in [4.78, 5) is 79.8. The third kappa shape index (κ3) is 6.81. The number of nitrogens with zero attached hydrogens (tertiary/aromatic N) is 3. The third-order valence-corrected chi connectivity index (χ3v) is 8.62. The molecular weight excluding hydrogens is 617 g/mol. The van der Waals surface area contributed by atoms with E-state index in [1.54, 1.807) is 54.6 Å². The van der Waals surface area contributed by atoms with Crippen molar-refractivity contribution in [3.8, 4) is 5.75 Å². The second-order valence-electron chi connectivity index (χ2n) is 9.97. The molecule has 2 saturated heterocycles. The van der Waals surface area contributed by atoms with Gasteiger partial charge in [0.15, 0.2) is 0 Å². The zero-order valence-electron chi connectivity index (χ0n) is 24.7. The van der Waals surface area contributed by atoms with Gasteiger partial charge in [-0.05, 0) is 17.7 Å². The summed E-state index contributed by atoms with van der Waals surface area (Å²) >= 11 is 1.19. The number of rotatable bonds is 9. The van der Waals surface area contributed by atoms with Crippen molar-refractivity contribution in [1.29, 1.82) is 0 Å². The molecular formula is C29H28N5NaO9S. The fraction of sp³-hybridized carbons (Fsp3) is 0.310. The number of urea groups is 2. The summed E-state index contributed by atoms with van der Waals surface area (Å²) in [6.07, 6.45) is 0. The number of β-lactam (4-membered cyclic amide) rings is 1. The fourth-order valence-corrected chi connectivity index (χ4v) is 6.48. The van der Waals surface area contributed by atoms with Gasteiger partial charge in [-0.25, -0.2) is 14.5 Å². The van der Waals surface area contributed by atoms with E-state index in [4.69, 9.17) is 9.47 Å². The smallest absolute Gasteiger partial charge is 0.543 e. The number of carboxylic acid groups (broad SMARTS) is 1. The van der Waals surface area contributed by atoms with Gasteiger partial charge in [0, 0.05) is 24.8 Å². The Hall–Kier alpha value is -4.05. The number of para-hydroxylation sites is 2. The quantitative estimate of drug-likeness (QED) is 0.167. The van der Waals surface area contributed by atoms with Crippen LogP contribution >= 0.6 is 11.8 Å². The van der Waals surface area contributed by atoms with E-state index in [1.807, 2.05) is 0 Å². The Labute approximate surface area is 284 Å². The van der Waals surface area contributed by atoms with Crippen LogP contribution < -0.4 is 54.9 Å². The molecule has 2 fully saturated rings. The van der Waals surface area contributed by atoms with Gasteiger partial charge in [-0.2, -0.15) is 0 Å². The van der Waals surface area contributed by atoms with Gasteiger partial charge in [0.05, 0.1) is 31.0 Å². The van der Waals surface area contributed by atoms with Gasteiger partial charge in [0.2, 0.25) is 5.91 Å². The molecule has 14 nitrogen and oxygen atoms in total. The van der Waals surface area contributed by atoms with Crippen molar-refractivity contribution >= 4 is 53.3 Å². The number of anilines is 1. The number of carboxylic acids is 1. The van der Waals surface area contributed by atoms with E-state index in [9.17, 15) is 33.9 Å². The number of amides is 6. The molecule has 3 aliphatic rings. The number of fused-ring (bicyclic) bond motifs is 1. The van der Waals surface area contributed by atoms with Gasteiger partial charge in [-0.15, -0.1) is 11.8 Å². The Morgan fingerprint density at radius 3 is 2.40 bits per heavy atom. The molecule has 2 N–H and O–H groups in total. The van der Waals surface area contributed by atoms with Crippen molar-refractivity contribution in [3.63, 3.8) is 0 Å². The number of hydrogen-bond donors (Lipinski definition) is 2. The van der Waals surface area contributed by atoms with Crippen LogP contribution in [0, 0.1) is 0 Å². The maximum atomic E-state index is 13.6. The zero-order chi connectivity index (χ0) is 31.5. The van der Waals surface area contributed by atoms with E-state index in [1.165, 1.54) is 30.7 Å². The van der Waals surface area contributed by atoms with Crippen LogP contribution in [0.3, 0.4) is 0 Å². The molecule has 0 saturated carbocycles. The molecule has 3 aliphatic heterocycles. The second kappa shape index (κ2) is 14.4. The minimum Gasteiger partial charge on any atom is -0.543 e. The van der Waals surface area contributed by atoms with Crippen LogP contribution in [-0.2, 0) is 23.9 Å². The molecule has 6 amide bonds. The molecule has 0 spiro atoms. The predicted octanol–water partition coefficient (Wildman–Crippen LogP) is -2.64. The Morgan fingerprint density at radius 1 is 1.04 bits per heavy atom. The van der Waals surface area contributed by atoms with Crippen LogP contribution in [-0.4, -0.2) is 89.6 Å². The number of aliphatic carboxylic acids is 1. The first-order valence-corrected chi connectivity index (χ1v) is 14.6. The van der Waals surface area contributed by atoms with Crippen LogP contribution in [0.25, 0.3) is 0 Å². The number of thioether (sulfide) groups is 1. The number of imide groups is 1. The summed E-state index contributed by atoms with van der Waals surface area (Å²) < 4.78 is 10.3. The Bertz CT molecular complexity index is 1560.